The third kappa shape index (κ3) is 2.19. The molecule has 1 heterocycles. The molecule has 0 saturated carbocycles. The van der Waals surface area contributed by atoms with Crippen LogP contribution in [0.3, 0.4) is 0 Å². The van der Waals surface area contributed by atoms with Gasteiger partial charge in [0.05, 0.1) is 19.3 Å². The monoisotopic (exact) mass is 254 g/mol. The van der Waals surface area contributed by atoms with Crippen LogP contribution >= 0.6 is 0 Å². The van der Waals surface area contributed by atoms with E-state index in [4.69, 9.17) is 9.47 Å². The van der Waals surface area contributed by atoms with E-state index in [2.05, 4.69) is 0 Å². The molecule has 2 aromatic carbocycles. The SMILES string of the molecule is COc1ccc(-c2ccc3c(c2)C(=O)CCO3)cc1. The highest BCUT2D eigenvalue weighted by molar-refractivity contribution is 6.00. The molecule has 0 radical (unpaired) electrons. The Kier molecular flexibility index (Phi) is 2.95. The number of hydrogen-bond donors (Lipinski definition) is 0. The van der Waals surface area contributed by atoms with E-state index in [9.17, 15) is 4.79 Å². The number of ether oxygens (including phenoxy) is 2. The first kappa shape index (κ1) is 11.8. The Morgan fingerprint density at radius 1 is 1.05 bits per heavy atom. The topological polar surface area (TPSA) is 35.5 Å². The zero-order valence-corrected chi connectivity index (χ0v) is 10.7. The Labute approximate surface area is 111 Å². The van der Waals surface area contributed by atoms with Crippen molar-refractivity contribution in [2.75, 3.05) is 13.7 Å². The standard InChI is InChI=1S/C16H14O3/c1-18-13-5-2-11(3-6-13)12-4-7-16-14(10-12)15(17)8-9-19-16/h2-7,10H,8-9H2,1H3. The molecule has 3 rings (SSSR count). The minimum Gasteiger partial charge on any atom is -0.497 e. The van der Waals surface area contributed by atoms with Gasteiger partial charge in [0.2, 0.25) is 0 Å². The molecule has 2 aromatic rings. The highest BCUT2D eigenvalue weighted by Gasteiger charge is 2.18. The van der Waals surface area contributed by atoms with Gasteiger partial charge in [-0.25, -0.2) is 0 Å². The Hall–Kier alpha value is -2.29. The summed E-state index contributed by atoms with van der Waals surface area (Å²) in [5.74, 6) is 1.66. The van der Waals surface area contributed by atoms with Gasteiger partial charge in [-0.15, -0.1) is 0 Å². The van der Waals surface area contributed by atoms with Gasteiger partial charge in [0.1, 0.15) is 11.5 Å². The second kappa shape index (κ2) is 4.76. The van der Waals surface area contributed by atoms with Crippen molar-refractivity contribution in [1.82, 2.24) is 0 Å². The molecule has 0 unspecified atom stereocenters. The molecule has 3 nitrogen and oxygen atoms in total. The molecule has 96 valence electrons. The molecule has 1 aliphatic rings. The molecule has 1 aliphatic heterocycles. The first-order valence-corrected chi connectivity index (χ1v) is 6.22. The van der Waals surface area contributed by atoms with E-state index in [-0.39, 0.29) is 5.78 Å². The van der Waals surface area contributed by atoms with Gasteiger partial charge in [-0.3, -0.25) is 4.79 Å². The summed E-state index contributed by atoms with van der Waals surface area (Å²) in [4.78, 5) is 11.9. The summed E-state index contributed by atoms with van der Waals surface area (Å²) >= 11 is 0. The number of methoxy groups -OCH3 is 1. The number of Topliss-reactive ketones (excluding diaryl/α,β-unsaturated/α-hetero) is 1. The van der Waals surface area contributed by atoms with Gasteiger partial charge in [0.15, 0.2) is 5.78 Å². The van der Waals surface area contributed by atoms with Crippen molar-refractivity contribution in [3.63, 3.8) is 0 Å². The lowest BCUT2D eigenvalue weighted by molar-refractivity contribution is 0.0933. The zero-order chi connectivity index (χ0) is 13.2. The molecule has 0 fully saturated rings. The number of benzene rings is 2. The summed E-state index contributed by atoms with van der Waals surface area (Å²) in [5.41, 5.74) is 2.75. The zero-order valence-electron chi connectivity index (χ0n) is 10.7. The number of carbonyl (C=O) groups excluding carboxylic acids is 1. The highest BCUT2D eigenvalue weighted by Crippen LogP contribution is 2.30. The summed E-state index contributed by atoms with van der Waals surface area (Å²) in [5, 5.41) is 0. The third-order valence-electron chi connectivity index (χ3n) is 3.29. The van der Waals surface area contributed by atoms with E-state index in [0.29, 0.717) is 24.3 Å². The fourth-order valence-corrected chi connectivity index (χ4v) is 2.23. The molecule has 19 heavy (non-hydrogen) atoms. The molecule has 0 atom stereocenters. The van der Waals surface area contributed by atoms with Gasteiger partial charge < -0.3 is 9.47 Å². The summed E-state index contributed by atoms with van der Waals surface area (Å²) in [6.07, 6.45) is 0.457. The summed E-state index contributed by atoms with van der Waals surface area (Å²) in [6, 6.07) is 13.5. The van der Waals surface area contributed by atoms with Gasteiger partial charge in [0, 0.05) is 6.42 Å². The van der Waals surface area contributed by atoms with E-state index in [1.54, 1.807) is 7.11 Å². The van der Waals surface area contributed by atoms with Gasteiger partial charge in [-0.2, -0.15) is 0 Å². The van der Waals surface area contributed by atoms with Crippen LogP contribution in [0.5, 0.6) is 11.5 Å². The molecular formula is C16H14O3. The predicted molar refractivity (Wildman–Crippen MR) is 72.9 cm³/mol. The smallest absolute Gasteiger partial charge is 0.170 e. The van der Waals surface area contributed by atoms with Crippen LogP contribution in [0.25, 0.3) is 11.1 Å². The number of ketones is 1. The number of carbonyl (C=O) groups is 1. The molecule has 0 amide bonds. The maximum Gasteiger partial charge on any atom is 0.170 e. The van der Waals surface area contributed by atoms with Crippen molar-refractivity contribution in [1.29, 1.82) is 0 Å². The lowest BCUT2D eigenvalue weighted by Gasteiger charge is -2.17. The van der Waals surface area contributed by atoms with Crippen LogP contribution in [-0.4, -0.2) is 19.5 Å². The Bertz CT molecular complexity index is 614. The van der Waals surface area contributed by atoms with E-state index in [1.165, 1.54) is 0 Å². The van der Waals surface area contributed by atoms with Crippen LogP contribution < -0.4 is 9.47 Å². The maximum absolute atomic E-state index is 11.9. The van der Waals surface area contributed by atoms with Crippen molar-refractivity contribution >= 4 is 5.78 Å². The van der Waals surface area contributed by atoms with E-state index >= 15 is 0 Å². The average Bonchev–Trinajstić information content (AvgIpc) is 2.47. The normalized spacial score (nSPS) is 13.6. The van der Waals surface area contributed by atoms with Gasteiger partial charge in [0.25, 0.3) is 0 Å². The summed E-state index contributed by atoms with van der Waals surface area (Å²) in [7, 11) is 1.64. The molecular weight excluding hydrogens is 240 g/mol. The van der Waals surface area contributed by atoms with Crippen molar-refractivity contribution in [3.8, 4) is 22.6 Å². The quantitative estimate of drug-likeness (QED) is 0.824. The van der Waals surface area contributed by atoms with Crippen molar-refractivity contribution in [3.05, 3.63) is 48.0 Å². The summed E-state index contributed by atoms with van der Waals surface area (Å²) < 4.78 is 10.6. The lowest BCUT2D eigenvalue weighted by Crippen LogP contribution is -2.15. The van der Waals surface area contributed by atoms with Crippen LogP contribution in [0.4, 0.5) is 0 Å². The van der Waals surface area contributed by atoms with E-state index in [0.717, 1.165) is 16.9 Å². The Morgan fingerprint density at radius 2 is 1.79 bits per heavy atom. The minimum atomic E-state index is 0.150. The largest absolute Gasteiger partial charge is 0.497 e. The summed E-state index contributed by atoms with van der Waals surface area (Å²) in [6.45, 7) is 0.480. The maximum atomic E-state index is 11.9. The Morgan fingerprint density at radius 3 is 2.53 bits per heavy atom. The molecule has 0 aliphatic carbocycles. The highest BCUT2D eigenvalue weighted by atomic mass is 16.5. The van der Waals surface area contributed by atoms with Crippen LogP contribution in [0.1, 0.15) is 16.8 Å². The van der Waals surface area contributed by atoms with Crippen LogP contribution in [-0.2, 0) is 0 Å². The number of fused-ring (bicyclic) bond motifs is 1. The number of hydrogen-bond acceptors (Lipinski definition) is 3. The van der Waals surface area contributed by atoms with Crippen molar-refractivity contribution in [2.45, 2.75) is 6.42 Å². The second-order valence-corrected chi connectivity index (χ2v) is 4.46. The second-order valence-electron chi connectivity index (χ2n) is 4.46. The fraction of sp³-hybridized carbons (Fsp3) is 0.188. The van der Waals surface area contributed by atoms with Gasteiger partial charge in [-0.1, -0.05) is 18.2 Å². The third-order valence-corrected chi connectivity index (χ3v) is 3.29. The predicted octanol–water partition coefficient (Wildman–Crippen LogP) is 3.33. The lowest BCUT2D eigenvalue weighted by atomic mass is 9.98. The first-order chi connectivity index (χ1) is 9.28. The molecule has 0 aromatic heterocycles. The number of rotatable bonds is 2. The van der Waals surface area contributed by atoms with E-state index in [1.807, 2.05) is 42.5 Å². The molecule has 0 saturated heterocycles. The first-order valence-electron chi connectivity index (χ1n) is 6.22. The fourth-order valence-electron chi connectivity index (χ4n) is 2.23. The minimum absolute atomic E-state index is 0.150. The molecule has 0 spiro atoms. The Balaban J connectivity index is 2.01. The van der Waals surface area contributed by atoms with Crippen molar-refractivity contribution in [2.24, 2.45) is 0 Å². The molecule has 0 N–H and O–H groups in total. The average molecular weight is 254 g/mol. The van der Waals surface area contributed by atoms with Gasteiger partial charge in [-0.05, 0) is 35.4 Å². The van der Waals surface area contributed by atoms with E-state index < -0.39 is 0 Å². The molecule has 3 heteroatoms. The van der Waals surface area contributed by atoms with Crippen LogP contribution in [0.2, 0.25) is 0 Å². The van der Waals surface area contributed by atoms with Crippen molar-refractivity contribution < 1.29 is 14.3 Å². The molecule has 0 bridgehead atoms. The van der Waals surface area contributed by atoms with Crippen LogP contribution in [0.15, 0.2) is 42.5 Å². The van der Waals surface area contributed by atoms with Gasteiger partial charge >= 0.3 is 0 Å². The van der Waals surface area contributed by atoms with Crippen LogP contribution in [0, 0.1) is 0 Å².